The van der Waals surface area contributed by atoms with E-state index < -0.39 is 28.1 Å². The number of fused-ring (bicyclic) bond motifs is 2. The average Bonchev–Trinajstić information content (AvgIpc) is 2.98. The SMILES string of the molecule is O=c1cc(OCc2ccccc2)c2c3c(=O)cc(O)c4c(O)c5c(O)ccc6c7ccc(O)c8c(O)c1c2c(c87)c(c56)c43. The normalized spacial score (nSPS) is 12.5. The van der Waals surface area contributed by atoms with Crippen LogP contribution in [0, 0.1) is 0 Å². The molecule has 0 saturated heterocycles. The van der Waals surface area contributed by atoms with Crippen molar-refractivity contribution in [1.29, 1.82) is 0 Å². The van der Waals surface area contributed by atoms with Gasteiger partial charge >= 0.3 is 0 Å². The minimum atomic E-state index is -0.585. The molecule has 0 aliphatic carbocycles. The molecule has 0 aliphatic heterocycles. The summed E-state index contributed by atoms with van der Waals surface area (Å²) in [5, 5.41) is 59.9. The molecule has 0 aromatic heterocycles. The molecular weight excluding hydrogens is 548 g/mol. The zero-order chi connectivity index (χ0) is 29.5. The van der Waals surface area contributed by atoms with Gasteiger partial charge in [0.05, 0.1) is 21.5 Å². The summed E-state index contributed by atoms with van der Waals surface area (Å²) in [4.78, 5) is 27.6. The van der Waals surface area contributed by atoms with Crippen molar-refractivity contribution >= 4 is 75.4 Å². The second-order valence-electron chi connectivity index (χ2n) is 11.0. The van der Waals surface area contributed by atoms with Crippen LogP contribution in [0.5, 0.6) is 34.5 Å². The number of hydrogen-bond donors (Lipinski definition) is 5. The second kappa shape index (κ2) is 7.63. The first-order valence-corrected chi connectivity index (χ1v) is 13.5. The Balaban J connectivity index is 1.67. The number of phenols is 5. The van der Waals surface area contributed by atoms with E-state index in [9.17, 15) is 35.1 Å². The van der Waals surface area contributed by atoms with Gasteiger partial charge in [-0.3, -0.25) is 9.59 Å². The first-order chi connectivity index (χ1) is 20.8. The van der Waals surface area contributed by atoms with Crippen molar-refractivity contribution in [2.75, 3.05) is 0 Å². The molecule has 9 rings (SSSR count). The van der Waals surface area contributed by atoms with Crippen LogP contribution in [0.1, 0.15) is 5.56 Å². The highest BCUT2D eigenvalue weighted by molar-refractivity contribution is 6.51. The summed E-state index contributed by atoms with van der Waals surface area (Å²) in [5.74, 6) is -1.72. The third-order valence-electron chi connectivity index (χ3n) is 8.87. The summed E-state index contributed by atoms with van der Waals surface area (Å²) in [5.41, 5.74) is -0.349. The van der Waals surface area contributed by atoms with E-state index in [0.29, 0.717) is 32.3 Å². The summed E-state index contributed by atoms with van der Waals surface area (Å²) >= 11 is 0. The molecule has 0 fully saturated rings. The van der Waals surface area contributed by atoms with Gasteiger partial charge in [-0.15, -0.1) is 0 Å². The summed E-state index contributed by atoms with van der Waals surface area (Å²) in [6, 6.07) is 17.6. The van der Waals surface area contributed by atoms with Crippen LogP contribution in [-0.2, 0) is 6.61 Å². The number of ether oxygens (including phenoxy) is 1. The molecule has 0 heterocycles. The van der Waals surface area contributed by atoms with Crippen molar-refractivity contribution in [3.05, 3.63) is 92.7 Å². The number of hydrogen-bond acceptors (Lipinski definition) is 8. The van der Waals surface area contributed by atoms with Crippen LogP contribution in [0.3, 0.4) is 0 Å². The third-order valence-corrected chi connectivity index (χ3v) is 8.87. The van der Waals surface area contributed by atoms with Gasteiger partial charge in [0.2, 0.25) is 0 Å². The fraction of sp³-hybridized carbons (Fsp3) is 0.0286. The first-order valence-electron chi connectivity index (χ1n) is 13.5. The minimum absolute atomic E-state index is 0.0478. The second-order valence-corrected chi connectivity index (χ2v) is 11.0. The van der Waals surface area contributed by atoms with Crippen molar-refractivity contribution in [3.63, 3.8) is 0 Å². The van der Waals surface area contributed by atoms with E-state index in [-0.39, 0.29) is 66.9 Å². The molecule has 0 aliphatic rings. The number of benzene rings is 9. The topological polar surface area (TPSA) is 145 Å². The van der Waals surface area contributed by atoms with Crippen LogP contribution in [0.15, 0.2) is 76.3 Å². The Morgan fingerprint density at radius 3 is 1.60 bits per heavy atom. The zero-order valence-electron chi connectivity index (χ0n) is 22.0. The van der Waals surface area contributed by atoms with Crippen molar-refractivity contribution < 1.29 is 30.3 Å². The fourth-order valence-electron chi connectivity index (χ4n) is 7.23. The van der Waals surface area contributed by atoms with Crippen LogP contribution < -0.4 is 15.6 Å². The summed E-state index contributed by atoms with van der Waals surface area (Å²) in [7, 11) is 0. The Morgan fingerprint density at radius 2 is 0.977 bits per heavy atom. The Labute approximate surface area is 239 Å². The van der Waals surface area contributed by atoms with Crippen LogP contribution in [-0.4, -0.2) is 25.5 Å². The molecule has 0 spiro atoms. The van der Waals surface area contributed by atoms with Crippen LogP contribution in [0.25, 0.3) is 75.4 Å². The highest BCUT2D eigenvalue weighted by Crippen LogP contribution is 2.58. The average molecular weight is 567 g/mol. The largest absolute Gasteiger partial charge is 0.507 e. The Hall–Kier alpha value is -6.02. The van der Waals surface area contributed by atoms with E-state index in [4.69, 9.17) is 4.74 Å². The number of phenolic OH excluding ortho intramolecular Hbond substituents is 5. The van der Waals surface area contributed by atoms with Crippen molar-refractivity contribution in [2.24, 2.45) is 0 Å². The van der Waals surface area contributed by atoms with E-state index in [1.54, 1.807) is 12.1 Å². The van der Waals surface area contributed by atoms with E-state index in [2.05, 4.69) is 0 Å². The molecule has 0 atom stereocenters. The van der Waals surface area contributed by atoms with E-state index in [1.165, 1.54) is 18.2 Å². The molecule has 0 bridgehead atoms. The molecule has 8 nitrogen and oxygen atoms in total. The Bertz CT molecular complexity index is 2750. The molecule has 0 unspecified atom stereocenters. The zero-order valence-corrected chi connectivity index (χ0v) is 22.0. The highest BCUT2D eigenvalue weighted by atomic mass is 16.5. The molecule has 9 aromatic carbocycles. The Kier molecular flexibility index (Phi) is 4.20. The summed E-state index contributed by atoms with van der Waals surface area (Å²) in [6.45, 7) is 0.0724. The lowest BCUT2D eigenvalue weighted by atomic mass is 9.79. The summed E-state index contributed by atoms with van der Waals surface area (Å²) in [6.07, 6.45) is 0. The van der Waals surface area contributed by atoms with Gasteiger partial charge in [-0.25, -0.2) is 0 Å². The lowest BCUT2D eigenvalue weighted by molar-refractivity contribution is 0.310. The monoisotopic (exact) mass is 566 g/mol. The molecule has 206 valence electrons. The van der Waals surface area contributed by atoms with Crippen molar-refractivity contribution in [3.8, 4) is 34.5 Å². The highest BCUT2D eigenvalue weighted by Gasteiger charge is 2.32. The van der Waals surface area contributed by atoms with Gasteiger partial charge in [0.15, 0.2) is 10.9 Å². The molecule has 8 heteroatoms. The van der Waals surface area contributed by atoms with Gasteiger partial charge < -0.3 is 30.3 Å². The predicted octanol–water partition coefficient (Wildman–Crippen LogP) is 6.34. The third kappa shape index (κ3) is 2.66. The summed E-state index contributed by atoms with van der Waals surface area (Å²) < 4.78 is 6.21. The maximum atomic E-state index is 13.8. The fourth-order valence-corrected chi connectivity index (χ4v) is 7.23. The molecule has 9 aromatic rings. The molecule has 43 heavy (non-hydrogen) atoms. The van der Waals surface area contributed by atoms with Crippen LogP contribution in [0.4, 0.5) is 0 Å². The van der Waals surface area contributed by atoms with Crippen LogP contribution in [0.2, 0.25) is 0 Å². The maximum absolute atomic E-state index is 13.8. The lowest BCUT2D eigenvalue weighted by Gasteiger charge is -2.25. The molecule has 0 saturated carbocycles. The van der Waals surface area contributed by atoms with E-state index >= 15 is 0 Å². The lowest BCUT2D eigenvalue weighted by Crippen LogP contribution is -2.10. The van der Waals surface area contributed by atoms with Crippen molar-refractivity contribution in [2.45, 2.75) is 6.61 Å². The first kappa shape index (κ1) is 23.7. The van der Waals surface area contributed by atoms with Crippen molar-refractivity contribution in [1.82, 2.24) is 0 Å². The standard InChI is InChI=1S/C35H18O8/c36-16-8-6-14-15-7-9-17(37)26-23(15)31-30-22(14)25(16)34(41)27-19(39)10-18(38)24(32(27)30)29-21(43-12-13-4-2-1-3-5-13)11-20(40)28(33(29)31)35(26)42/h1-11,36-37,39,41-42H,12H2. The van der Waals surface area contributed by atoms with Gasteiger partial charge in [0.1, 0.15) is 41.1 Å². The smallest absolute Gasteiger partial charge is 0.193 e. The van der Waals surface area contributed by atoms with E-state index in [1.807, 2.05) is 30.3 Å². The van der Waals surface area contributed by atoms with Gasteiger partial charge in [-0.2, -0.15) is 0 Å². The molecule has 0 amide bonds. The Morgan fingerprint density at radius 1 is 0.465 bits per heavy atom. The van der Waals surface area contributed by atoms with E-state index in [0.717, 1.165) is 11.6 Å². The number of aromatic hydroxyl groups is 5. The molecule has 0 radical (unpaired) electrons. The number of rotatable bonds is 3. The maximum Gasteiger partial charge on any atom is 0.193 e. The van der Waals surface area contributed by atoms with Crippen LogP contribution >= 0.6 is 0 Å². The minimum Gasteiger partial charge on any atom is -0.507 e. The van der Waals surface area contributed by atoms with Gasteiger partial charge in [0.25, 0.3) is 0 Å². The quantitative estimate of drug-likeness (QED) is 0.123. The molecular formula is C35H18O8. The van der Waals surface area contributed by atoms with Gasteiger partial charge in [0, 0.05) is 55.2 Å². The molecule has 5 N–H and O–H groups in total. The predicted molar refractivity (Wildman–Crippen MR) is 165 cm³/mol. The van der Waals surface area contributed by atoms with Gasteiger partial charge in [-0.1, -0.05) is 42.5 Å². The van der Waals surface area contributed by atoms with Gasteiger partial charge in [-0.05, 0) is 28.5 Å².